The van der Waals surface area contributed by atoms with Crippen molar-refractivity contribution in [2.24, 2.45) is 11.1 Å². The average Bonchev–Trinajstić information content (AvgIpc) is 2.31. The molecular formula is C12H17ClN2O2. The van der Waals surface area contributed by atoms with Crippen molar-refractivity contribution in [2.45, 2.75) is 13.8 Å². The molecule has 0 spiro atoms. The van der Waals surface area contributed by atoms with Crippen LogP contribution in [-0.2, 0) is 4.79 Å². The Balaban J connectivity index is 2.86. The van der Waals surface area contributed by atoms with E-state index in [1.165, 1.54) is 0 Å². The number of carbonyl (C=O) groups excluding carboxylic acids is 1. The molecule has 0 aliphatic carbocycles. The zero-order valence-corrected chi connectivity index (χ0v) is 11.0. The molecule has 1 aromatic rings. The molecule has 0 atom stereocenters. The lowest BCUT2D eigenvalue weighted by Gasteiger charge is -2.21. The highest BCUT2D eigenvalue weighted by atomic mass is 35.5. The summed E-state index contributed by atoms with van der Waals surface area (Å²) >= 11 is 6.02. The summed E-state index contributed by atoms with van der Waals surface area (Å²) in [6.45, 7) is 3.83. The van der Waals surface area contributed by atoms with E-state index in [-0.39, 0.29) is 12.5 Å². The van der Waals surface area contributed by atoms with Gasteiger partial charge in [0.1, 0.15) is 5.75 Å². The van der Waals surface area contributed by atoms with Gasteiger partial charge in [0.05, 0.1) is 23.2 Å². The molecule has 0 saturated heterocycles. The Labute approximate surface area is 106 Å². The van der Waals surface area contributed by atoms with E-state index in [1.807, 2.05) is 0 Å². The number of carbonyl (C=O) groups is 1. The number of ether oxygens (including phenoxy) is 1. The lowest BCUT2D eigenvalue weighted by Crippen LogP contribution is -2.37. The summed E-state index contributed by atoms with van der Waals surface area (Å²) in [6, 6.07) is 5.08. The first-order valence-corrected chi connectivity index (χ1v) is 5.63. The highest BCUT2D eigenvalue weighted by molar-refractivity contribution is 6.33. The Kier molecular flexibility index (Phi) is 4.37. The van der Waals surface area contributed by atoms with Crippen LogP contribution in [0.3, 0.4) is 0 Å². The van der Waals surface area contributed by atoms with E-state index in [1.54, 1.807) is 39.2 Å². The molecule has 17 heavy (non-hydrogen) atoms. The maximum atomic E-state index is 11.9. The molecule has 1 amide bonds. The monoisotopic (exact) mass is 256 g/mol. The van der Waals surface area contributed by atoms with Crippen LogP contribution < -0.4 is 15.8 Å². The molecule has 0 unspecified atom stereocenters. The highest BCUT2D eigenvalue weighted by Gasteiger charge is 2.26. The number of halogens is 1. The van der Waals surface area contributed by atoms with E-state index in [0.29, 0.717) is 16.5 Å². The van der Waals surface area contributed by atoms with Crippen molar-refractivity contribution in [3.8, 4) is 5.75 Å². The second-order valence-corrected chi connectivity index (χ2v) is 4.80. The minimum atomic E-state index is -0.622. The topological polar surface area (TPSA) is 64.3 Å². The first-order chi connectivity index (χ1) is 7.90. The number of amides is 1. The van der Waals surface area contributed by atoms with Crippen molar-refractivity contribution < 1.29 is 9.53 Å². The largest absolute Gasteiger partial charge is 0.497 e. The molecule has 5 heteroatoms. The zero-order chi connectivity index (χ0) is 13.1. The predicted molar refractivity (Wildman–Crippen MR) is 69.5 cm³/mol. The number of nitrogens with one attached hydrogen (secondary N) is 1. The third-order valence-corrected chi connectivity index (χ3v) is 2.86. The molecule has 0 bridgehead atoms. The summed E-state index contributed by atoms with van der Waals surface area (Å²) in [6.07, 6.45) is 0. The Morgan fingerprint density at radius 1 is 1.53 bits per heavy atom. The van der Waals surface area contributed by atoms with Crippen LogP contribution in [0.25, 0.3) is 0 Å². The predicted octanol–water partition coefficient (Wildman–Crippen LogP) is 2.27. The number of nitrogens with two attached hydrogens (primary N) is 1. The molecule has 0 aromatic heterocycles. The third-order valence-electron chi connectivity index (χ3n) is 2.55. The minimum Gasteiger partial charge on any atom is -0.497 e. The molecule has 94 valence electrons. The molecule has 4 nitrogen and oxygen atoms in total. The quantitative estimate of drug-likeness (QED) is 0.869. The summed E-state index contributed by atoms with van der Waals surface area (Å²) in [4.78, 5) is 11.9. The lowest BCUT2D eigenvalue weighted by molar-refractivity contribution is -0.123. The van der Waals surface area contributed by atoms with Crippen LogP contribution >= 0.6 is 11.6 Å². The van der Waals surface area contributed by atoms with Crippen molar-refractivity contribution in [3.05, 3.63) is 23.2 Å². The summed E-state index contributed by atoms with van der Waals surface area (Å²) in [5, 5.41) is 3.18. The summed E-state index contributed by atoms with van der Waals surface area (Å²) < 4.78 is 5.03. The second kappa shape index (κ2) is 5.38. The van der Waals surface area contributed by atoms with E-state index in [2.05, 4.69) is 5.32 Å². The number of rotatable bonds is 4. The Morgan fingerprint density at radius 2 is 2.18 bits per heavy atom. The Morgan fingerprint density at radius 3 is 2.65 bits per heavy atom. The summed E-state index contributed by atoms with van der Waals surface area (Å²) in [7, 11) is 1.56. The van der Waals surface area contributed by atoms with Crippen LogP contribution in [0.1, 0.15) is 13.8 Å². The van der Waals surface area contributed by atoms with E-state index < -0.39 is 5.41 Å². The normalized spacial score (nSPS) is 11.1. The van der Waals surface area contributed by atoms with Crippen molar-refractivity contribution in [1.29, 1.82) is 0 Å². The molecule has 0 radical (unpaired) electrons. The summed E-state index contributed by atoms with van der Waals surface area (Å²) in [5.74, 6) is 0.484. The van der Waals surface area contributed by atoms with Crippen molar-refractivity contribution >= 4 is 23.2 Å². The van der Waals surface area contributed by atoms with E-state index in [4.69, 9.17) is 22.1 Å². The minimum absolute atomic E-state index is 0.160. The SMILES string of the molecule is COc1ccc(NC(=O)C(C)(C)CN)c(Cl)c1. The van der Waals surface area contributed by atoms with Gasteiger partial charge in [-0.1, -0.05) is 11.6 Å². The van der Waals surface area contributed by atoms with E-state index in [0.717, 1.165) is 0 Å². The number of hydrogen-bond acceptors (Lipinski definition) is 3. The van der Waals surface area contributed by atoms with Crippen LogP contribution in [0.15, 0.2) is 18.2 Å². The Hall–Kier alpha value is -1.26. The maximum absolute atomic E-state index is 11.9. The molecular weight excluding hydrogens is 240 g/mol. The van der Waals surface area contributed by atoms with Gasteiger partial charge in [0.25, 0.3) is 0 Å². The van der Waals surface area contributed by atoms with Crippen LogP contribution in [0, 0.1) is 5.41 Å². The maximum Gasteiger partial charge on any atom is 0.231 e. The smallest absolute Gasteiger partial charge is 0.231 e. The van der Waals surface area contributed by atoms with Gasteiger partial charge in [-0.05, 0) is 26.0 Å². The van der Waals surface area contributed by atoms with Gasteiger partial charge in [-0.15, -0.1) is 0 Å². The Bertz CT molecular complexity index is 419. The number of anilines is 1. The van der Waals surface area contributed by atoms with Crippen LogP contribution in [0.5, 0.6) is 5.75 Å². The van der Waals surface area contributed by atoms with Crippen molar-refractivity contribution in [2.75, 3.05) is 19.0 Å². The first kappa shape index (κ1) is 13.8. The molecule has 1 aromatic carbocycles. The molecule has 0 aliphatic rings. The van der Waals surface area contributed by atoms with Gasteiger partial charge in [-0.2, -0.15) is 0 Å². The highest BCUT2D eigenvalue weighted by Crippen LogP contribution is 2.28. The van der Waals surface area contributed by atoms with Gasteiger partial charge < -0.3 is 15.8 Å². The number of methoxy groups -OCH3 is 1. The van der Waals surface area contributed by atoms with Crippen molar-refractivity contribution in [3.63, 3.8) is 0 Å². The fraction of sp³-hybridized carbons (Fsp3) is 0.417. The molecule has 0 aliphatic heterocycles. The summed E-state index contributed by atoms with van der Waals surface area (Å²) in [5.41, 5.74) is 5.46. The standard InChI is InChI=1S/C12H17ClN2O2/c1-12(2,7-14)11(16)15-10-5-4-8(17-3)6-9(10)13/h4-6H,7,14H2,1-3H3,(H,15,16). The van der Waals surface area contributed by atoms with E-state index >= 15 is 0 Å². The molecule has 0 fully saturated rings. The zero-order valence-electron chi connectivity index (χ0n) is 10.2. The number of benzene rings is 1. The van der Waals surface area contributed by atoms with Gasteiger partial charge >= 0.3 is 0 Å². The fourth-order valence-corrected chi connectivity index (χ4v) is 1.33. The molecule has 1 rings (SSSR count). The van der Waals surface area contributed by atoms with Gasteiger partial charge in [-0.25, -0.2) is 0 Å². The van der Waals surface area contributed by atoms with Gasteiger partial charge in [-0.3, -0.25) is 4.79 Å². The van der Waals surface area contributed by atoms with Gasteiger partial charge in [0.15, 0.2) is 0 Å². The molecule has 0 saturated carbocycles. The number of hydrogen-bond donors (Lipinski definition) is 2. The second-order valence-electron chi connectivity index (χ2n) is 4.39. The molecule has 0 heterocycles. The van der Waals surface area contributed by atoms with Crippen LogP contribution in [0.2, 0.25) is 5.02 Å². The lowest BCUT2D eigenvalue weighted by atomic mass is 9.92. The molecule has 3 N–H and O–H groups in total. The van der Waals surface area contributed by atoms with Crippen LogP contribution in [-0.4, -0.2) is 19.6 Å². The van der Waals surface area contributed by atoms with Gasteiger partial charge in [0.2, 0.25) is 5.91 Å². The third kappa shape index (κ3) is 3.35. The van der Waals surface area contributed by atoms with Crippen LogP contribution in [0.4, 0.5) is 5.69 Å². The van der Waals surface area contributed by atoms with Crippen molar-refractivity contribution in [1.82, 2.24) is 0 Å². The first-order valence-electron chi connectivity index (χ1n) is 5.26. The van der Waals surface area contributed by atoms with E-state index in [9.17, 15) is 4.79 Å². The fourth-order valence-electron chi connectivity index (χ4n) is 1.11. The van der Waals surface area contributed by atoms with Gasteiger partial charge in [0, 0.05) is 12.6 Å². The average molecular weight is 257 g/mol.